The van der Waals surface area contributed by atoms with Gasteiger partial charge in [0.25, 0.3) is 0 Å². The summed E-state index contributed by atoms with van der Waals surface area (Å²) in [6, 6.07) is 1.76. The van der Waals surface area contributed by atoms with Crippen LogP contribution in [0.15, 0.2) is 19.6 Å². The molecule has 0 spiro atoms. The Kier molecular flexibility index (Phi) is 3.90. The van der Waals surface area contributed by atoms with Gasteiger partial charge >= 0.3 is 5.97 Å². The number of carbonyl (C=O) groups is 1. The van der Waals surface area contributed by atoms with Gasteiger partial charge in [-0.25, -0.2) is 9.78 Å². The number of thiazole rings is 1. The Hall–Kier alpha value is -0.660. The van der Waals surface area contributed by atoms with E-state index >= 15 is 0 Å². The molecule has 0 unspecified atom stereocenters. The van der Waals surface area contributed by atoms with Crippen molar-refractivity contribution in [1.29, 1.82) is 0 Å². The van der Waals surface area contributed by atoms with Crippen LogP contribution in [-0.2, 0) is 5.41 Å². The lowest BCUT2D eigenvalue weighted by Crippen LogP contribution is -2.16. The molecule has 2 heterocycles. The zero-order chi connectivity index (χ0) is 14.4. The highest BCUT2D eigenvalue weighted by molar-refractivity contribution is 9.13. The number of hydrogen-bond donors (Lipinski definition) is 1. The van der Waals surface area contributed by atoms with Gasteiger partial charge in [-0.2, -0.15) is 0 Å². The van der Waals surface area contributed by atoms with Crippen LogP contribution in [0.2, 0.25) is 0 Å². The molecule has 0 saturated heterocycles. The Labute approximate surface area is 131 Å². The van der Waals surface area contributed by atoms with Crippen molar-refractivity contribution in [2.75, 3.05) is 0 Å². The molecule has 1 N–H and O–H groups in total. The SMILES string of the molecule is CC(C)(C)c1nc(-c2cc(Br)c(Br)o2)sc1C(=O)O. The molecule has 0 radical (unpaired) electrons. The highest BCUT2D eigenvalue weighted by atomic mass is 79.9. The number of nitrogens with zero attached hydrogens (tertiary/aromatic N) is 1. The van der Waals surface area contributed by atoms with Crippen LogP contribution in [0.5, 0.6) is 0 Å². The summed E-state index contributed by atoms with van der Waals surface area (Å²) >= 11 is 7.70. The van der Waals surface area contributed by atoms with Crippen LogP contribution < -0.4 is 0 Å². The first-order chi connectivity index (χ1) is 8.70. The molecule has 7 heteroatoms. The minimum absolute atomic E-state index is 0.256. The molecule has 2 aromatic heterocycles. The van der Waals surface area contributed by atoms with Gasteiger partial charge in [0.05, 0.1) is 10.2 Å². The first kappa shape index (κ1) is 14.7. The van der Waals surface area contributed by atoms with Gasteiger partial charge < -0.3 is 9.52 Å². The number of aromatic carboxylic acids is 1. The van der Waals surface area contributed by atoms with E-state index in [1.807, 2.05) is 20.8 Å². The molecule has 0 fully saturated rings. The van der Waals surface area contributed by atoms with E-state index in [4.69, 9.17) is 4.42 Å². The number of aromatic nitrogens is 1. The van der Waals surface area contributed by atoms with E-state index in [2.05, 4.69) is 36.8 Å². The summed E-state index contributed by atoms with van der Waals surface area (Å²) in [5, 5.41) is 9.83. The standard InChI is InChI=1S/C12H11Br2NO3S/c1-12(2,3)8-7(11(16)17)19-10(15-8)6-4-5(13)9(14)18-6/h4H,1-3H3,(H,16,17). The van der Waals surface area contributed by atoms with E-state index in [1.165, 1.54) is 0 Å². The van der Waals surface area contributed by atoms with Crippen molar-refractivity contribution in [2.24, 2.45) is 0 Å². The molecule has 2 rings (SSSR count). The van der Waals surface area contributed by atoms with E-state index in [1.54, 1.807) is 6.07 Å². The molecule has 19 heavy (non-hydrogen) atoms. The quantitative estimate of drug-likeness (QED) is 0.765. The van der Waals surface area contributed by atoms with Crippen LogP contribution in [0.4, 0.5) is 0 Å². The number of rotatable bonds is 2. The Bertz CT molecular complexity index is 620. The van der Waals surface area contributed by atoms with Crippen LogP contribution >= 0.6 is 43.2 Å². The molecule has 0 aliphatic heterocycles. The van der Waals surface area contributed by atoms with Crippen molar-refractivity contribution in [2.45, 2.75) is 26.2 Å². The minimum Gasteiger partial charge on any atom is -0.477 e. The summed E-state index contributed by atoms with van der Waals surface area (Å²) in [4.78, 5) is 16.0. The van der Waals surface area contributed by atoms with Crippen LogP contribution in [0.25, 0.3) is 10.8 Å². The molecule has 0 amide bonds. The monoisotopic (exact) mass is 407 g/mol. The highest BCUT2D eigenvalue weighted by Crippen LogP contribution is 2.38. The molecule has 2 aromatic rings. The first-order valence-electron chi connectivity index (χ1n) is 5.40. The second-order valence-electron chi connectivity index (χ2n) is 4.98. The summed E-state index contributed by atoms with van der Waals surface area (Å²) in [6.45, 7) is 5.81. The maximum atomic E-state index is 11.3. The fraction of sp³-hybridized carbons (Fsp3) is 0.333. The van der Waals surface area contributed by atoms with Gasteiger partial charge in [-0.3, -0.25) is 0 Å². The van der Waals surface area contributed by atoms with Crippen LogP contribution in [0.3, 0.4) is 0 Å². The lowest BCUT2D eigenvalue weighted by Gasteiger charge is -2.15. The number of carboxylic acids is 1. The second-order valence-corrected chi connectivity index (χ2v) is 7.56. The molecular formula is C12H11Br2NO3S. The van der Waals surface area contributed by atoms with Crippen molar-refractivity contribution in [3.8, 4) is 10.8 Å². The summed E-state index contributed by atoms with van der Waals surface area (Å²) in [6.07, 6.45) is 0. The predicted molar refractivity (Wildman–Crippen MR) is 80.9 cm³/mol. The molecule has 102 valence electrons. The Morgan fingerprint density at radius 1 is 1.42 bits per heavy atom. The van der Waals surface area contributed by atoms with Gasteiger partial charge in [-0.05, 0) is 31.9 Å². The van der Waals surface area contributed by atoms with Crippen molar-refractivity contribution < 1.29 is 14.3 Å². The van der Waals surface area contributed by atoms with E-state index < -0.39 is 5.97 Å². The first-order valence-corrected chi connectivity index (χ1v) is 7.80. The fourth-order valence-corrected chi connectivity index (χ4v) is 3.18. The molecule has 0 aliphatic rings. The van der Waals surface area contributed by atoms with Crippen molar-refractivity contribution >= 4 is 49.2 Å². The molecule has 0 atom stereocenters. The van der Waals surface area contributed by atoms with Crippen LogP contribution in [0, 0.1) is 0 Å². The molecule has 4 nitrogen and oxygen atoms in total. The number of furan rings is 1. The molecule has 0 saturated carbocycles. The zero-order valence-electron chi connectivity index (χ0n) is 10.5. The average Bonchev–Trinajstić information content (AvgIpc) is 2.82. The van der Waals surface area contributed by atoms with E-state index in [0.29, 0.717) is 21.1 Å². The lowest BCUT2D eigenvalue weighted by molar-refractivity contribution is 0.0699. The highest BCUT2D eigenvalue weighted by Gasteiger charge is 2.28. The minimum atomic E-state index is -0.960. The third kappa shape index (κ3) is 2.93. The average molecular weight is 409 g/mol. The summed E-state index contributed by atoms with van der Waals surface area (Å²) in [5.74, 6) is -0.417. The number of hydrogen-bond acceptors (Lipinski definition) is 4. The zero-order valence-corrected chi connectivity index (χ0v) is 14.4. The van der Waals surface area contributed by atoms with Gasteiger partial charge in [-0.15, -0.1) is 11.3 Å². The molecule has 0 aromatic carbocycles. The summed E-state index contributed by atoms with van der Waals surface area (Å²) in [7, 11) is 0. The number of carboxylic acid groups (broad SMARTS) is 1. The Balaban J connectivity index is 2.58. The smallest absolute Gasteiger partial charge is 0.347 e. The maximum absolute atomic E-state index is 11.3. The van der Waals surface area contributed by atoms with Gasteiger partial charge in [-0.1, -0.05) is 20.8 Å². The van der Waals surface area contributed by atoms with Crippen LogP contribution in [0.1, 0.15) is 36.1 Å². The number of halogens is 2. The maximum Gasteiger partial charge on any atom is 0.347 e. The van der Waals surface area contributed by atoms with Gasteiger partial charge in [0.15, 0.2) is 15.4 Å². The lowest BCUT2D eigenvalue weighted by atomic mass is 9.91. The topological polar surface area (TPSA) is 63.3 Å². The van der Waals surface area contributed by atoms with Gasteiger partial charge in [0, 0.05) is 11.5 Å². The van der Waals surface area contributed by atoms with E-state index in [9.17, 15) is 9.90 Å². The van der Waals surface area contributed by atoms with E-state index in [-0.39, 0.29) is 10.3 Å². The van der Waals surface area contributed by atoms with Crippen molar-refractivity contribution in [3.63, 3.8) is 0 Å². The summed E-state index contributed by atoms with van der Waals surface area (Å²) < 4.78 is 6.82. The Morgan fingerprint density at radius 2 is 2.05 bits per heavy atom. The van der Waals surface area contributed by atoms with Gasteiger partial charge in [0.1, 0.15) is 4.88 Å². The normalized spacial score (nSPS) is 11.8. The van der Waals surface area contributed by atoms with Crippen LogP contribution in [-0.4, -0.2) is 16.1 Å². The Morgan fingerprint density at radius 3 is 2.42 bits per heavy atom. The third-order valence-electron chi connectivity index (χ3n) is 2.39. The van der Waals surface area contributed by atoms with E-state index in [0.717, 1.165) is 15.8 Å². The fourth-order valence-electron chi connectivity index (χ4n) is 1.53. The largest absolute Gasteiger partial charge is 0.477 e. The van der Waals surface area contributed by atoms with Crippen molar-refractivity contribution in [3.05, 3.63) is 25.8 Å². The third-order valence-corrected chi connectivity index (χ3v) is 5.16. The second kappa shape index (κ2) is 5.03. The molecular weight excluding hydrogens is 398 g/mol. The summed E-state index contributed by atoms with van der Waals surface area (Å²) in [5.41, 5.74) is 0.243. The molecule has 0 aliphatic carbocycles. The predicted octanol–water partition coefficient (Wildman–Crippen LogP) is 4.92. The van der Waals surface area contributed by atoms with Gasteiger partial charge in [0.2, 0.25) is 0 Å². The van der Waals surface area contributed by atoms with Crippen molar-refractivity contribution in [1.82, 2.24) is 4.98 Å². The molecule has 0 bridgehead atoms.